The van der Waals surface area contributed by atoms with Crippen LogP contribution in [0.15, 0.2) is 36.8 Å². The van der Waals surface area contributed by atoms with Gasteiger partial charge in [-0.25, -0.2) is 9.36 Å². The first-order chi connectivity index (χ1) is 14.9. The first-order valence-electron chi connectivity index (χ1n) is 11.1. The number of aryl methyl sites for hydroxylation is 1. The lowest BCUT2D eigenvalue weighted by Crippen LogP contribution is -3.00. The largest absolute Gasteiger partial charge is 1.00 e. The second kappa shape index (κ2) is 11.5. The summed E-state index contributed by atoms with van der Waals surface area (Å²) in [6.45, 7) is 11.8. The molecule has 0 spiro atoms. The Hall–Kier alpha value is -1.93. The van der Waals surface area contributed by atoms with Gasteiger partial charge in [0.25, 0.3) is 0 Å². The maximum Gasteiger partial charge on any atom is 0.380 e. The van der Waals surface area contributed by atoms with Crippen LogP contribution in [0.1, 0.15) is 27.7 Å². The zero-order valence-corrected chi connectivity index (χ0v) is 21.5. The second-order valence-corrected chi connectivity index (χ2v) is 8.94. The van der Waals surface area contributed by atoms with Gasteiger partial charge in [-0.1, -0.05) is 0 Å². The summed E-state index contributed by atoms with van der Waals surface area (Å²) < 4.78 is 15.5. The van der Waals surface area contributed by atoms with Crippen molar-refractivity contribution in [2.45, 2.75) is 51.9 Å². The van der Waals surface area contributed by atoms with E-state index in [0.717, 1.165) is 17.5 Å². The molecule has 0 N–H and O–H groups in total. The maximum atomic E-state index is 11.2. The molecular weight excluding hydrogens is 463 g/mol. The Morgan fingerprint density at radius 3 is 1.79 bits per heavy atom. The summed E-state index contributed by atoms with van der Waals surface area (Å²) in [5.74, 6) is 1.20. The molecule has 7 nitrogen and oxygen atoms in total. The van der Waals surface area contributed by atoms with Crippen LogP contribution in [-0.2, 0) is 21.3 Å². The molecule has 0 aliphatic carbocycles. The zero-order chi connectivity index (χ0) is 22.1. The van der Waals surface area contributed by atoms with Gasteiger partial charge in [0.1, 0.15) is 17.8 Å². The van der Waals surface area contributed by atoms with Crippen molar-refractivity contribution in [1.82, 2.24) is 0 Å². The average Bonchev–Trinajstić information content (AvgIpc) is 2.75. The van der Waals surface area contributed by atoms with E-state index in [1.807, 2.05) is 24.5 Å². The van der Waals surface area contributed by atoms with Gasteiger partial charge in [-0.15, -0.1) is 4.57 Å². The van der Waals surface area contributed by atoms with Crippen molar-refractivity contribution in [2.75, 3.05) is 36.2 Å². The third-order valence-corrected chi connectivity index (χ3v) is 6.39. The zero-order valence-electron chi connectivity index (χ0n) is 19.9. The minimum Gasteiger partial charge on any atom is -1.00 e. The number of nitrogens with zero attached hydrogens (tertiary/aromatic N) is 4. The van der Waals surface area contributed by atoms with Crippen LogP contribution in [0.25, 0.3) is 11.1 Å². The molecule has 33 heavy (non-hydrogen) atoms. The fourth-order valence-corrected chi connectivity index (χ4v) is 4.97. The Morgan fingerprint density at radius 1 is 0.818 bits per heavy atom. The first-order valence-corrected chi connectivity index (χ1v) is 11.1. The molecule has 4 heterocycles. The van der Waals surface area contributed by atoms with E-state index < -0.39 is 0 Å². The number of morpholine rings is 2. The van der Waals surface area contributed by atoms with Crippen LogP contribution in [0.3, 0.4) is 0 Å². The van der Waals surface area contributed by atoms with Crippen LogP contribution < -0.4 is 43.7 Å². The topological polar surface area (TPSA) is 49.8 Å². The van der Waals surface area contributed by atoms with Gasteiger partial charge in [0.2, 0.25) is 0 Å². The summed E-state index contributed by atoms with van der Waals surface area (Å²) in [5.41, 5.74) is 3.48. The molecule has 2 aromatic heterocycles. The SMILES string of the molecule is CC1COCC(C)N1c1c(-c2cc[n+](C=O)cc2)cc[n+](C)c1N1C(C)COC[C@H]1C.[Cl-].[Cl-]. The molecule has 2 aliphatic heterocycles. The molecule has 2 aromatic rings. The van der Waals surface area contributed by atoms with Crippen LogP contribution in [0.2, 0.25) is 0 Å². The molecule has 0 amide bonds. The van der Waals surface area contributed by atoms with Crippen LogP contribution in [0, 0.1) is 0 Å². The van der Waals surface area contributed by atoms with Crippen LogP contribution in [0.5, 0.6) is 0 Å². The molecule has 9 heteroatoms. The minimum atomic E-state index is 0. The fraction of sp³-hybridized carbons (Fsp3) is 0.542. The number of anilines is 2. The number of carbonyl (C=O) groups excluding carboxylic acids is 1. The average molecular weight is 497 g/mol. The molecule has 0 radical (unpaired) electrons. The van der Waals surface area contributed by atoms with Gasteiger partial charge in [0.05, 0.1) is 51.8 Å². The molecule has 3 unspecified atom stereocenters. The van der Waals surface area contributed by atoms with Crippen LogP contribution in [0.4, 0.5) is 11.5 Å². The highest BCUT2D eigenvalue weighted by atomic mass is 35.5. The van der Waals surface area contributed by atoms with E-state index in [9.17, 15) is 4.79 Å². The summed E-state index contributed by atoms with van der Waals surface area (Å²) in [5, 5.41) is 0. The molecular formula is C24H34Cl2N4O3. The quantitative estimate of drug-likeness (QED) is 0.317. The number of rotatable bonds is 4. The molecule has 2 saturated heterocycles. The Morgan fingerprint density at radius 2 is 1.30 bits per heavy atom. The van der Waals surface area contributed by atoms with Gasteiger partial charge in [-0.05, 0) is 39.3 Å². The normalized spacial score (nSPS) is 25.1. The van der Waals surface area contributed by atoms with E-state index in [2.05, 4.69) is 61.4 Å². The molecule has 2 aliphatic rings. The molecule has 0 aromatic carbocycles. The van der Waals surface area contributed by atoms with E-state index in [4.69, 9.17) is 9.47 Å². The number of carbonyl (C=O) groups is 1. The lowest BCUT2D eigenvalue weighted by molar-refractivity contribution is -0.658. The lowest BCUT2D eigenvalue weighted by Gasteiger charge is -2.43. The summed E-state index contributed by atoms with van der Waals surface area (Å²) in [7, 11) is 2.12. The number of halogens is 2. The molecule has 0 bridgehead atoms. The molecule has 2 fully saturated rings. The lowest BCUT2D eigenvalue weighted by atomic mass is 10.00. The fourth-order valence-electron chi connectivity index (χ4n) is 4.97. The van der Waals surface area contributed by atoms with Crippen LogP contribution >= 0.6 is 0 Å². The highest BCUT2D eigenvalue weighted by Crippen LogP contribution is 2.41. The standard InChI is InChI=1S/C24H34N4O3.2ClH/c1-17-12-30-13-18(2)27(17)23-22(21-6-10-26(16-29)11-7-21)8-9-25(5)24(23)28-19(3)14-31-15-20(28)4;;/h6-11,16-20H,12-15H2,1-5H3;2*1H/q+2;;/p-2/t17?,18?,19-,20?;;/m1../s1. The monoisotopic (exact) mass is 496 g/mol. The van der Waals surface area contributed by atoms with Crippen molar-refractivity contribution in [2.24, 2.45) is 7.05 Å². The highest BCUT2D eigenvalue weighted by Gasteiger charge is 2.41. The van der Waals surface area contributed by atoms with Crippen molar-refractivity contribution in [1.29, 1.82) is 0 Å². The first kappa shape index (κ1) is 27.3. The van der Waals surface area contributed by atoms with Gasteiger partial charge < -0.3 is 39.2 Å². The third kappa shape index (κ3) is 5.27. The predicted molar refractivity (Wildman–Crippen MR) is 120 cm³/mol. The summed E-state index contributed by atoms with van der Waals surface area (Å²) in [6.07, 6.45) is 6.57. The Kier molecular flexibility index (Phi) is 9.49. The number of ether oxygens (including phenoxy) is 2. The van der Waals surface area contributed by atoms with Crippen molar-refractivity contribution < 1.29 is 48.2 Å². The van der Waals surface area contributed by atoms with Crippen molar-refractivity contribution in [3.05, 3.63) is 36.8 Å². The van der Waals surface area contributed by atoms with Gasteiger partial charge in [-0.3, -0.25) is 4.90 Å². The number of pyridine rings is 2. The smallest absolute Gasteiger partial charge is 0.380 e. The van der Waals surface area contributed by atoms with E-state index in [1.165, 1.54) is 16.1 Å². The third-order valence-electron chi connectivity index (χ3n) is 6.39. The summed E-state index contributed by atoms with van der Waals surface area (Å²) >= 11 is 0. The van der Waals surface area contributed by atoms with E-state index in [-0.39, 0.29) is 49.0 Å². The minimum absolute atomic E-state index is 0. The van der Waals surface area contributed by atoms with Crippen molar-refractivity contribution in [3.8, 4) is 11.1 Å². The summed E-state index contributed by atoms with van der Waals surface area (Å²) in [4.78, 5) is 16.2. The number of aromatic nitrogens is 2. The molecule has 0 saturated carbocycles. The maximum absolute atomic E-state index is 11.2. The number of hydrogen-bond acceptors (Lipinski definition) is 5. The van der Waals surface area contributed by atoms with E-state index >= 15 is 0 Å². The molecule has 4 atom stereocenters. The predicted octanol–water partition coefficient (Wildman–Crippen LogP) is -4.26. The highest BCUT2D eigenvalue weighted by molar-refractivity contribution is 5.85. The van der Waals surface area contributed by atoms with Gasteiger partial charge in [0.15, 0.2) is 12.4 Å². The number of hydrogen-bond donors (Lipinski definition) is 0. The Labute approximate surface area is 209 Å². The van der Waals surface area contributed by atoms with E-state index in [1.54, 1.807) is 0 Å². The van der Waals surface area contributed by atoms with E-state index in [0.29, 0.717) is 26.4 Å². The second-order valence-electron chi connectivity index (χ2n) is 8.94. The molecule has 182 valence electrons. The Balaban J connectivity index is 0.00000193. The van der Waals surface area contributed by atoms with Crippen molar-refractivity contribution in [3.63, 3.8) is 0 Å². The van der Waals surface area contributed by atoms with Gasteiger partial charge in [-0.2, -0.15) is 0 Å². The van der Waals surface area contributed by atoms with Crippen LogP contribution in [-0.4, -0.2) is 57.0 Å². The molecule has 4 rings (SSSR count). The van der Waals surface area contributed by atoms with Gasteiger partial charge in [0, 0.05) is 17.7 Å². The summed E-state index contributed by atoms with van der Waals surface area (Å²) in [6, 6.07) is 7.24. The van der Waals surface area contributed by atoms with Gasteiger partial charge >= 0.3 is 12.2 Å². The van der Waals surface area contributed by atoms with Crippen molar-refractivity contribution >= 4 is 17.9 Å². The Bertz CT molecular complexity index is 924.